The average molecular weight is 363 g/mol. The first-order chi connectivity index (χ1) is 12.1. The predicted octanol–water partition coefficient (Wildman–Crippen LogP) is 4.18. The van der Waals surface area contributed by atoms with Crippen molar-refractivity contribution in [1.82, 2.24) is 4.90 Å². The summed E-state index contributed by atoms with van der Waals surface area (Å²) in [6, 6.07) is 8.93. The number of hydrogen-bond acceptors (Lipinski definition) is 3. The smallest absolute Gasteiger partial charge is 0.0688 e. The Morgan fingerprint density at radius 3 is 2.52 bits per heavy atom. The molecule has 3 aliphatic rings. The van der Waals surface area contributed by atoms with Crippen molar-refractivity contribution in [2.45, 2.75) is 57.1 Å². The molecule has 1 N–H and O–H groups in total. The fourth-order valence-corrected chi connectivity index (χ4v) is 5.67. The van der Waals surface area contributed by atoms with E-state index in [0.29, 0.717) is 17.9 Å². The van der Waals surface area contributed by atoms with Crippen LogP contribution in [0, 0.1) is 11.8 Å². The lowest BCUT2D eigenvalue weighted by atomic mass is 9.69. The largest absolute Gasteiger partial charge is 0.390 e. The third-order valence-electron chi connectivity index (χ3n) is 7.13. The maximum atomic E-state index is 11.0. The first-order valence-electron chi connectivity index (χ1n) is 10.1. The first kappa shape index (κ1) is 17.6. The van der Waals surface area contributed by atoms with E-state index in [2.05, 4.69) is 28.9 Å². The zero-order valence-electron chi connectivity index (χ0n) is 15.3. The van der Waals surface area contributed by atoms with Crippen molar-refractivity contribution < 1.29 is 5.11 Å². The SMILES string of the molecule is CC[C@@]1(O)CCC[C@@H]2CN(C3CCN(c4ccc(Cl)cc4)CC3)C[C@@H]21. The molecular weight excluding hydrogens is 332 g/mol. The van der Waals surface area contributed by atoms with E-state index in [4.69, 9.17) is 11.6 Å². The van der Waals surface area contributed by atoms with Crippen molar-refractivity contribution >= 4 is 17.3 Å². The van der Waals surface area contributed by atoms with Crippen LogP contribution in [0.15, 0.2) is 24.3 Å². The summed E-state index contributed by atoms with van der Waals surface area (Å²) in [5.41, 5.74) is 0.889. The van der Waals surface area contributed by atoms with E-state index in [-0.39, 0.29) is 0 Å². The molecule has 4 heteroatoms. The van der Waals surface area contributed by atoms with Gasteiger partial charge in [0.1, 0.15) is 0 Å². The van der Waals surface area contributed by atoms with Gasteiger partial charge in [0, 0.05) is 48.8 Å². The molecule has 0 unspecified atom stereocenters. The Morgan fingerprint density at radius 1 is 1.12 bits per heavy atom. The Morgan fingerprint density at radius 2 is 1.84 bits per heavy atom. The highest BCUT2D eigenvalue weighted by Crippen LogP contribution is 2.45. The average Bonchev–Trinajstić information content (AvgIpc) is 3.09. The molecule has 138 valence electrons. The van der Waals surface area contributed by atoms with Gasteiger partial charge in [-0.15, -0.1) is 0 Å². The van der Waals surface area contributed by atoms with Gasteiger partial charge in [0.15, 0.2) is 0 Å². The minimum Gasteiger partial charge on any atom is -0.390 e. The molecule has 1 saturated carbocycles. The van der Waals surface area contributed by atoms with Crippen LogP contribution in [0.1, 0.15) is 45.4 Å². The minimum absolute atomic E-state index is 0.401. The van der Waals surface area contributed by atoms with Gasteiger partial charge in [-0.05, 0) is 62.3 Å². The standard InChI is InChI=1S/C21H31ClN2O/c1-2-21(25)11-3-4-16-14-24(15-20(16)21)19-9-12-23(13-10-19)18-7-5-17(22)6-8-18/h5-8,16,19-20,25H,2-4,9-15H2,1H3/t16-,20+,21-/m1/s1. The van der Waals surface area contributed by atoms with Gasteiger partial charge in [0.25, 0.3) is 0 Å². The van der Waals surface area contributed by atoms with Gasteiger partial charge in [-0.25, -0.2) is 0 Å². The molecule has 0 radical (unpaired) electrons. The van der Waals surface area contributed by atoms with Crippen LogP contribution in [-0.2, 0) is 0 Å². The third-order valence-corrected chi connectivity index (χ3v) is 7.38. The molecule has 3 atom stereocenters. The number of aliphatic hydroxyl groups is 1. The summed E-state index contributed by atoms with van der Waals surface area (Å²) in [5.74, 6) is 1.22. The molecule has 2 aliphatic heterocycles. The quantitative estimate of drug-likeness (QED) is 0.873. The lowest BCUT2D eigenvalue weighted by Gasteiger charge is -2.41. The van der Waals surface area contributed by atoms with Gasteiger partial charge >= 0.3 is 0 Å². The Labute approximate surface area is 157 Å². The topological polar surface area (TPSA) is 26.7 Å². The number of halogens is 1. The molecule has 1 aromatic rings. The normalized spacial score (nSPS) is 34.3. The number of anilines is 1. The molecule has 0 amide bonds. The molecule has 4 rings (SSSR count). The molecule has 1 aromatic carbocycles. The number of nitrogens with zero attached hydrogens (tertiary/aromatic N) is 2. The van der Waals surface area contributed by atoms with Gasteiger partial charge in [-0.1, -0.05) is 24.9 Å². The van der Waals surface area contributed by atoms with E-state index in [1.54, 1.807) is 0 Å². The molecule has 1 aliphatic carbocycles. The van der Waals surface area contributed by atoms with E-state index < -0.39 is 5.60 Å². The van der Waals surface area contributed by atoms with Crippen molar-refractivity contribution in [2.24, 2.45) is 11.8 Å². The molecule has 0 bridgehead atoms. The number of fused-ring (bicyclic) bond motifs is 1. The highest BCUT2D eigenvalue weighted by atomic mass is 35.5. The third kappa shape index (κ3) is 3.43. The van der Waals surface area contributed by atoms with E-state index in [1.165, 1.54) is 37.9 Å². The summed E-state index contributed by atoms with van der Waals surface area (Å²) in [4.78, 5) is 5.19. The van der Waals surface area contributed by atoms with Crippen molar-refractivity contribution in [3.8, 4) is 0 Å². The number of piperidine rings is 1. The van der Waals surface area contributed by atoms with Crippen LogP contribution in [0.4, 0.5) is 5.69 Å². The van der Waals surface area contributed by atoms with Crippen LogP contribution in [-0.4, -0.2) is 47.8 Å². The predicted molar refractivity (Wildman–Crippen MR) is 104 cm³/mol. The Bertz CT molecular complexity index is 584. The summed E-state index contributed by atoms with van der Waals surface area (Å²) in [5, 5.41) is 11.8. The zero-order valence-corrected chi connectivity index (χ0v) is 16.1. The van der Waals surface area contributed by atoms with E-state index in [1.807, 2.05) is 12.1 Å². The van der Waals surface area contributed by atoms with Crippen molar-refractivity contribution in [1.29, 1.82) is 0 Å². The van der Waals surface area contributed by atoms with Crippen LogP contribution in [0.5, 0.6) is 0 Å². The van der Waals surface area contributed by atoms with Crippen LogP contribution >= 0.6 is 11.6 Å². The molecule has 0 aromatic heterocycles. The Kier molecular flexibility index (Phi) is 5.00. The van der Waals surface area contributed by atoms with Gasteiger partial charge in [0.05, 0.1) is 5.60 Å². The highest BCUT2D eigenvalue weighted by Gasteiger charge is 2.48. The maximum absolute atomic E-state index is 11.0. The molecule has 3 fully saturated rings. The number of benzene rings is 1. The van der Waals surface area contributed by atoms with Gasteiger partial charge in [0.2, 0.25) is 0 Å². The second kappa shape index (κ2) is 7.09. The summed E-state index contributed by atoms with van der Waals surface area (Å²) in [6.07, 6.45) is 6.89. The Balaban J connectivity index is 1.36. The molecule has 25 heavy (non-hydrogen) atoms. The molecule has 3 nitrogen and oxygen atoms in total. The van der Waals surface area contributed by atoms with E-state index in [0.717, 1.165) is 37.5 Å². The second-order valence-electron chi connectivity index (χ2n) is 8.36. The molecule has 0 spiro atoms. The second-order valence-corrected chi connectivity index (χ2v) is 8.80. The molecule has 2 saturated heterocycles. The van der Waals surface area contributed by atoms with Gasteiger partial charge in [-0.3, -0.25) is 4.90 Å². The number of likely N-dealkylation sites (tertiary alicyclic amines) is 1. The lowest BCUT2D eigenvalue weighted by Crippen LogP contribution is -2.46. The summed E-state index contributed by atoms with van der Waals surface area (Å²) < 4.78 is 0. The maximum Gasteiger partial charge on any atom is 0.0688 e. The van der Waals surface area contributed by atoms with Gasteiger partial charge in [-0.2, -0.15) is 0 Å². The zero-order chi connectivity index (χ0) is 17.4. The number of rotatable bonds is 3. The van der Waals surface area contributed by atoms with Crippen molar-refractivity contribution in [3.63, 3.8) is 0 Å². The summed E-state index contributed by atoms with van der Waals surface area (Å²) in [6.45, 7) is 6.72. The van der Waals surface area contributed by atoms with Gasteiger partial charge < -0.3 is 10.0 Å². The fraction of sp³-hybridized carbons (Fsp3) is 0.714. The van der Waals surface area contributed by atoms with E-state index >= 15 is 0 Å². The highest BCUT2D eigenvalue weighted by molar-refractivity contribution is 6.30. The first-order valence-corrected chi connectivity index (χ1v) is 10.4. The minimum atomic E-state index is -0.401. The van der Waals surface area contributed by atoms with Crippen LogP contribution in [0.2, 0.25) is 5.02 Å². The lowest BCUT2D eigenvalue weighted by molar-refractivity contribution is -0.0617. The molecule has 2 heterocycles. The molecular formula is C21H31ClN2O. The summed E-state index contributed by atoms with van der Waals surface area (Å²) in [7, 11) is 0. The van der Waals surface area contributed by atoms with Crippen LogP contribution in [0.25, 0.3) is 0 Å². The summed E-state index contributed by atoms with van der Waals surface area (Å²) >= 11 is 6.01. The van der Waals surface area contributed by atoms with Crippen LogP contribution in [0.3, 0.4) is 0 Å². The fourth-order valence-electron chi connectivity index (χ4n) is 5.54. The Hall–Kier alpha value is -0.770. The van der Waals surface area contributed by atoms with Crippen molar-refractivity contribution in [3.05, 3.63) is 29.3 Å². The number of hydrogen-bond donors (Lipinski definition) is 1. The van der Waals surface area contributed by atoms with E-state index in [9.17, 15) is 5.11 Å². The van der Waals surface area contributed by atoms with Crippen LogP contribution < -0.4 is 4.90 Å². The van der Waals surface area contributed by atoms with Crippen molar-refractivity contribution in [2.75, 3.05) is 31.1 Å². The monoisotopic (exact) mass is 362 g/mol.